The zero-order valence-electron chi connectivity index (χ0n) is 8.79. The molecule has 0 amide bonds. The van der Waals surface area contributed by atoms with Gasteiger partial charge in [-0.2, -0.15) is 0 Å². The van der Waals surface area contributed by atoms with E-state index in [-0.39, 0.29) is 0 Å². The van der Waals surface area contributed by atoms with Crippen LogP contribution in [-0.2, 0) is 15.1 Å². The Bertz CT molecular complexity index is 346. The first-order valence-corrected chi connectivity index (χ1v) is 5.50. The van der Waals surface area contributed by atoms with Crippen LogP contribution in [0, 0.1) is 0 Å². The molecule has 0 saturated heterocycles. The number of carbonyl (C=O) groups is 1. The topological polar surface area (TPSA) is 52.3 Å². The number of rotatable bonds is 3. The minimum absolute atomic E-state index is 0.335. The zero-order valence-corrected chi connectivity index (χ0v) is 10.4. The highest BCUT2D eigenvalue weighted by atomic mass is 79.9. The van der Waals surface area contributed by atoms with Gasteiger partial charge in [0.05, 0.1) is 6.61 Å². The molecule has 4 heteroatoms. The van der Waals surface area contributed by atoms with Crippen molar-refractivity contribution in [3.05, 3.63) is 34.3 Å². The molecule has 1 aromatic carbocycles. The molecule has 0 unspecified atom stereocenters. The number of nitrogens with two attached hydrogens (primary N) is 1. The first kappa shape index (κ1) is 12.2. The first-order chi connectivity index (χ1) is 6.98. The molecule has 15 heavy (non-hydrogen) atoms. The minimum atomic E-state index is -1.09. The van der Waals surface area contributed by atoms with Gasteiger partial charge in [-0.1, -0.05) is 28.1 Å². The van der Waals surface area contributed by atoms with E-state index in [0.717, 1.165) is 10.0 Å². The molecule has 0 aliphatic carbocycles. The molecule has 0 fully saturated rings. The Hall–Kier alpha value is -0.870. The molecule has 0 aliphatic rings. The lowest BCUT2D eigenvalue weighted by Crippen LogP contribution is -2.43. The second-order valence-corrected chi connectivity index (χ2v) is 4.35. The van der Waals surface area contributed by atoms with E-state index in [0.29, 0.717) is 6.61 Å². The molecule has 0 bridgehead atoms. The van der Waals surface area contributed by atoms with Crippen molar-refractivity contribution in [1.82, 2.24) is 0 Å². The predicted octanol–water partition coefficient (Wildman–Crippen LogP) is 2.19. The van der Waals surface area contributed by atoms with Gasteiger partial charge in [0.2, 0.25) is 0 Å². The Labute approximate surface area is 97.7 Å². The smallest absolute Gasteiger partial charge is 0.330 e. The summed E-state index contributed by atoms with van der Waals surface area (Å²) in [7, 11) is 0. The van der Waals surface area contributed by atoms with Crippen molar-refractivity contribution in [3.8, 4) is 0 Å². The summed E-state index contributed by atoms with van der Waals surface area (Å²) in [5.74, 6) is -0.410. The molecule has 1 aromatic rings. The van der Waals surface area contributed by atoms with Gasteiger partial charge >= 0.3 is 5.97 Å². The molecule has 1 rings (SSSR count). The molecule has 0 aliphatic heterocycles. The highest BCUT2D eigenvalue weighted by Gasteiger charge is 2.31. The van der Waals surface area contributed by atoms with Gasteiger partial charge < -0.3 is 10.5 Å². The van der Waals surface area contributed by atoms with Crippen LogP contribution in [0.25, 0.3) is 0 Å². The number of halogens is 1. The van der Waals surface area contributed by atoms with Gasteiger partial charge in [0, 0.05) is 4.47 Å². The quantitative estimate of drug-likeness (QED) is 0.858. The second kappa shape index (κ2) is 4.77. The van der Waals surface area contributed by atoms with Crippen LogP contribution < -0.4 is 5.73 Å². The van der Waals surface area contributed by atoms with Gasteiger partial charge in [-0.05, 0) is 31.5 Å². The SMILES string of the molecule is CCOC(=O)[C@](C)(N)c1ccc(Br)cc1. The average molecular weight is 272 g/mol. The lowest BCUT2D eigenvalue weighted by molar-refractivity contribution is -0.149. The predicted molar refractivity (Wildman–Crippen MR) is 62.3 cm³/mol. The standard InChI is InChI=1S/C11H14BrNO2/c1-3-15-10(14)11(2,13)8-4-6-9(12)7-5-8/h4-7H,3,13H2,1-2H3/t11-/m1/s1. The second-order valence-electron chi connectivity index (χ2n) is 3.43. The van der Waals surface area contributed by atoms with Crippen molar-refractivity contribution in [1.29, 1.82) is 0 Å². The van der Waals surface area contributed by atoms with Crippen LogP contribution in [0.5, 0.6) is 0 Å². The zero-order chi connectivity index (χ0) is 11.5. The number of benzene rings is 1. The van der Waals surface area contributed by atoms with Gasteiger partial charge in [0.25, 0.3) is 0 Å². The summed E-state index contributed by atoms with van der Waals surface area (Å²) in [6.07, 6.45) is 0. The van der Waals surface area contributed by atoms with E-state index in [1.807, 2.05) is 12.1 Å². The van der Waals surface area contributed by atoms with Gasteiger partial charge in [0.15, 0.2) is 0 Å². The van der Waals surface area contributed by atoms with E-state index >= 15 is 0 Å². The van der Waals surface area contributed by atoms with E-state index in [2.05, 4.69) is 15.9 Å². The molecule has 0 aromatic heterocycles. The van der Waals surface area contributed by atoms with Gasteiger partial charge in [-0.15, -0.1) is 0 Å². The van der Waals surface area contributed by atoms with Crippen LogP contribution in [0.3, 0.4) is 0 Å². The number of hydrogen-bond acceptors (Lipinski definition) is 3. The molecule has 0 radical (unpaired) electrons. The van der Waals surface area contributed by atoms with Crippen LogP contribution in [0.15, 0.2) is 28.7 Å². The van der Waals surface area contributed by atoms with Crippen molar-refractivity contribution < 1.29 is 9.53 Å². The Kier molecular flexibility index (Phi) is 3.88. The lowest BCUT2D eigenvalue weighted by Gasteiger charge is -2.22. The van der Waals surface area contributed by atoms with Crippen molar-refractivity contribution in [3.63, 3.8) is 0 Å². The highest BCUT2D eigenvalue weighted by Crippen LogP contribution is 2.21. The molecular weight excluding hydrogens is 258 g/mol. The molecule has 0 heterocycles. The third-order valence-electron chi connectivity index (χ3n) is 2.14. The monoisotopic (exact) mass is 271 g/mol. The van der Waals surface area contributed by atoms with Crippen LogP contribution in [0.1, 0.15) is 19.4 Å². The Morgan fingerprint density at radius 3 is 2.47 bits per heavy atom. The fourth-order valence-electron chi connectivity index (χ4n) is 1.19. The maximum Gasteiger partial charge on any atom is 0.330 e. The highest BCUT2D eigenvalue weighted by molar-refractivity contribution is 9.10. The van der Waals surface area contributed by atoms with Crippen LogP contribution in [0.2, 0.25) is 0 Å². The largest absolute Gasteiger partial charge is 0.464 e. The number of hydrogen-bond donors (Lipinski definition) is 1. The van der Waals surface area contributed by atoms with Gasteiger partial charge in [-0.3, -0.25) is 0 Å². The van der Waals surface area contributed by atoms with E-state index in [9.17, 15) is 4.79 Å². The molecular formula is C11H14BrNO2. The summed E-state index contributed by atoms with van der Waals surface area (Å²) < 4.78 is 5.87. The summed E-state index contributed by atoms with van der Waals surface area (Å²) in [5.41, 5.74) is 5.58. The van der Waals surface area contributed by atoms with Crippen molar-refractivity contribution in [2.24, 2.45) is 5.73 Å². The summed E-state index contributed by atoms with van der Waals surface area (Å²) in [4.78, 5) is 11.6. The molecule has 0 saturated carbocycles. The number of carbonyl (C=O) groups excluding carboxylic acids is 1. The van der Waals surface area contributed by atoms with Crippen LogP contribution in [-0.4, -0.2) is 12.6 Å². The number of esters is 1. The molecule has 1 atom stereocenters. The Morgan fingerprint density at radius 1 is 1.47 bits per heavy atom. The normalized spacial score (nSPS) is 14.4. The van der Waals surface area contributed by atoms with E-state index in [1.165, 1.54) is 0 Å². The van der Waals surface area contributed by atoms with Crippen molar-refractivity contribution in [2.45, 2.75) is 19.4 Å². The maximum absolute atomic E-state index is 11.6. The fraction of sp³-hybridized carbons (Fsp3) is 0.364. The van der Waals surface area contributed by atoms with Crippen molar-refractivity contribution in [2.75, 3.05) is 6.61 Å². The number of ether oxygens (including phenoxy) is 1. The Morgan fingerprint density at radius 2 is 2.00 bits per heavy atom. The average Bonchev–Trinajstić information content (AvgIpc) is 2.18. The molecule has 3 nitrogen and oxygen atoms in total. The third kappa shape index (κ3) is 2.79. The minimum Gasteiger partial charge on any atom is -0.464 e. The molecule has 2 N–H and O–H groups in total. The van der Waals surface area contributed by atoms with Gasteiger partial charge in [0.1, 0.15) is 5.54 Å². The van der Waals surface area contributed by atoms with E-state index in [1.54, 1.807) is 26.0 Å². The lowest BCUT2D eigenvalue weighted by atomic mass is 9.93. The summed E-state index contributed by atoms with van der Waals surface area (Å²) in [5, 5.41) is 0. The van der Waals surface area contributed by atoms with E-state index in [4.69, 9.17) is 10.5 Å². The molecule has 82 valence electrons. The van der Waals surface area contributed by atoms with E-state index < -0.39 is 11.5 Å². The summed E-state index contributed by atoms with van der Waals surface area (Å²) in [6, 6.07) is 7.31. The van der Waals surface area contributed by atoms with Gasteiger partial charge in [-0.25, -0.2) is 4.79 Å². The fourth-order valence-corrected chi connectivity index (χ4v) is 1.46. The van der Waals surface area contributed by atoms with Crippen LogP contribution >= 0.6 is 15.9 Å². The third-order valence-corrected chi connectivity index (χ3v) is 2.67. The maximum atomic E-state index is 11.6. The van der Waals surface area contributed by atoms with Crippen molar-refractivity contribution >= 4 is 21.9 Å². The summed E-state index contributed by atoms with van der Waals surface area (Å²) in [6.45, 7) is 3.74. The Balaban J connectivity index is 2.94. The van der Waals surface area contributed by atoms with Crippen LogP contribution in [0.4, 0.5) is 0 Å². The molecule has 0 spiro atoms. The summed E-state index contributed by atoms with van der Waals surface area (Å²) >= 11 is 3.32. The first-order valence-electron chi connectivity index (χ1n) is 4.70.